The van der Waals surface area contributed by atoms with Crippen molar-refractivity contribution in [3.05, 3.63) is 70.5 Å². The third-order valence-electron chi connectivity index (χ3n) is 4.53. The topological polar surface area (TPSA) is 109 Å². The molecule has 3 aromatic rings. The average molecular weight is 448 g/mol. The number of nitrogens with two attached hydrogens (primary N) is 1. The number of ketones is 1. The van der Waals surface area contributed by atoms with Gasteiger partial charge in [-0.05, 0) is 42.8 Å². The molecule has 0 spiro atoms. The fraction of sp³-hybridized carbons (Fsp3) is 0.238. The van der Waals surface area contributed by atoms with Gasteiger partial charge in [-0.15, -0.1) is 5.10 Å². The summed E-state index contributed by atoms with van der Waals surface area (Å²) < 4.78 is 50.0. The Kier molecular flexibility index (Phi) is 6.47. The number of hydrogen-bond donors (Lipinski definition) is 1. The molecule has 1 aromatic heterocycles. The predicted octanol–water partition coefficient (Wildman–Crippen LogP) is 3.34. The van der Waals surface area contributed by atoms with E-state index in [1.54, 1.807) is 31.2 Å². The zero-order valence-electron chi connectivity index (χ0n) is 17.1. The number of carbonyl (C=O) groups is 2. The van der Waals surface area contributed by atoms with E-state index in [0.29, 0.717) is 11.8 Å². The Morgan fingerprint density at radius 1 is 1.12 bits per heavy atom. The van der Waals surface area contributed by atoms with Gasteiger partial charge >= 0.3 is 12.1 Å². The summed E-state index contributed by atoms with van der Waals surface area (Å²) in [6.45, 7) is 1.70. The first kappa shape index (κ1) is 22.8. The number of alkyl halides is 3. The Bertz CT molecular complexity index is 1140. The lowest BCUT2D eigenvalue weighted by molar-refractivity contribution is -0.137. The number of benzene rings is 2. The maximum absolute atomic E-state index is 13.0. The minimum Gasteiger partial charge on any atom is -0.497 e. The van der Waals surface area contributed by atoms with Crippen molar-refractivity contribution >= 4 is 17.4 Å². The molecule has 0 aliphatic carbocycles. The van der Waals surface area contributed by atoms with Crippen molar-refractivity contribution in [3.63, 3.8) is 0 Å². The van der Waals surface area contributed by atoms with E-state index in [-0.39, 0.29) is 30.1 Å². The van der Waals surface area contributed by atoms with Gasteiger partial charge < -0.3 is 15.2 Å². The number of rotatable bonds is 7. The summed E-state index contributed by atoms with van der Waals surface area (Å²) in [6, 6.07) is 9.23. The van der Waals surface area contributed by atoms with Crippen molar-refractivity contribution in [2.24, 2.45) is 0 Å². The monoisotopic (exact) mass is 448 g/mol. The van der Waals surface area contributed by atoms with Gasteiger partial charge in [-0.3, -0.25) is 4.79 Å². The van der Waals surface area contributed by atoms with Crippen LogP contribution in [0.3, 0.4) is 0 Å². The molecular weight excluding hydrogens is 429 g/mol. The van der Waals surface area contributed by atoms with E-state index in [0.717, 1.165) is 17.7 Å². The van der Waals surface area contributed by atoms with E-state index in [9.17, 15) is 22.8 Å². The predicted molar refractivity (Wildman–Crippen MR) is 107 cm³/mol. The second-order valence-electron chi connectivity index (χ2n) is 6.64. The minimum absolute atomic E-state index is 0.0304. The highest BCUT2D eigenvalue weighted by atomic mass is 19.4. The summed E-state index contributed by atoms with van der Waals surface area (Å²) in [4.78, 5) is 25.6. The number of carbonyl (C=O) groups excluding carboxylic acids is 2. The Labute approximate surface area is 180 Å². The summed E-state index contributed by atoms with van der Waals surface area (Å²) in [5, 5.41) is 7.68. The first-order valence-corrected chi connectivity index (χ1v) is 9.40. The van der Waals surface area contributed by atoms with Crippen LogP contribution >= 0.6 is 0 Å². The molecule has 0 atom stereocenters. The number of nitrogen functional groups attached to an aromatic ring is 1. The van der Waals surface area contributed by atoms with Crippen LogP contribution in [0, 0.1) is 0 Å². The summed E-state index contributed by atoms with van der Waals surface area (Å²) in [5.74, 6) is -1.06. The van der Waals surface area contributed by atoms with Crippen molar-refractivity contribution in [2.45, 2.75) is 19.6 Å². The molecule has 0 fully saturated rings. The van der Waals surface area contributed by atoms with Gasteiger partial charge in [0.05, 0.1) is 25.8 Å². The highest BCUT2D eigenvalue weighted by Crippen LogP contribution is 2.32. The first-order chi connectivity index (χ1) is 15.2. The van der Waals surface area contributed by atoms with Crippen LogP contribution in [0.1, 0.15) is 44.6 Å². The van der Waals surface area contributed by atoms with Crippen LogP contribution in [0.4, 0.5) is 18.9 Å². The molecule has 0 aliphatic rings. The van der Waals surface area contributed by atoms with E-state index in [1.165, 1.54) is 11.8 Å². The Morgan fingerprint density at radius 3 is 2.38 bits per heavy atom. The second-order valence-corrected chi connectivity index (χ2v) is 6.64. The standard InChI is InChI=1S/C21H19F3N4O4/c1-3-32-20(30)18-17(19(29)15-9-6-13(10-16(15)25)21(22,23)24)26-27-28(18)11-12-4-7-14(31-2)8-5-12/h4-10H,3,11,25H2,1-2H3. The Balaban J connectivity index is 2.00. The summed E-state index contributed by atoms with van der Waals surface area (Å²) in [7, 11) is 1.52. The van der Waals surface area contributed by atoms with Gasteiger partial charge in [0.25, 0.3) is 0 Å². The van der Waals surface area contributed by atoms with Gasteiger partial charge in [-0.2, -0.15) is 13.2 Å². The van der Waals surface area contributed by atoms with Crippen molar-refractivity contribution in [1.29, 1.82) is 0 Å². The molecule has 0 saturated carbocycles. The number of methoxy groups -OCH3 is 1. The minimum atomic E-state index is -4.62. The van der Waals surface area contributed by atoms with Gasteiger partial charge in [0, 0.05) is 11.3 Å². The van der Waals surface area contributed by atoms with E-state index in [1.807, 2.05) is 0 Å². The highest BCUT2D eigenvalue weighted by molar-refractivity contribution is 6.15. The fourth-order valence-electron chi connectivity index (χ4n) is 2.96. The van der Waals surface area contributed by atoms with E-state index in [2.05, 4.69) is 10.3 Å². The molecule has 32 heavy (non-hydrogen) atoms. The smallest absolute Gasteiger partial charge is 0.416 e. The largest absolute Gasteiger partial charge is 0.497 e. The summed E-state index contributed by atoms with van der Waals surface area (Å²) in [5.41, 5.74) is 4.19. The molecule has 3 rings (SSSR count). The zero-order chi connectivity index (χ0) is 23.5. The van der Waals surface area contributed by atoms with Crippen molar-refractivity contribution in [2.75, 3.05) is 19.5 Å². The van der Waals surface area contributed by atoms with E-state index in [4.69, 9.17) is 15.2 Å². The zero-order valence-corrected chi connectivity index (χ0v) is 17.1. The molecule has 168 valence electrons. The fourth-order valence-corrected chi connectivity index (χ4v) is 2.96. The quantitative estimate of drug-likeness (QED) is 0.335. The van der Waals surface area contributed by atoms with Crippen LogP contribution < -0.4 is 10.5 Å². The molecule has 0 aliphatic heterocycles. The van der Waals surface area contributed by atoms with Crippen LogP contribution in [-0.2, 0) is 17.5 Å². The molecule has 0 unspecified atom stereocenters. The van der Waals surface area contributed by atoms with Gasteiger partial charge in [0.2, 0.25) is 5.78 Å². The molecule has 2 N–H and O–H groups in total. The molecule has 11 heteroatoms. The molecule has 2 aromatic carbocycles. The lowest BCUT2D eigenvalue weighted by atomic mass is 10.0. The number of hydrogen-bond acceptors (Lipinski definition) is 7. The number of esters is 1. The molecule has 0 bridgehead atoms. The maximum atomic E-state index is 13.0. The SMILES string of the molecule is CCOC(=O)c1c(C(=O)c2ccc(C(F)(F)F)cc2N)nnn1Cc1ccc(OC)cc1. The Morgan fingerprint density at radius 2 is 1.81 bits per heavy atom. The lowest BCUT2D eigenvalue weighted by Crippen LogP contribution is -2.18. The number of ether oxygens (including phenoxy) is 2. The Hall–Kier alpha value is -3.89. The molecule has 1 heterocycles. The van der Waals surface area contributed by atoms with Gasteiger partial charge in [0.1, 0.15) is 5.75 Å². The van der Waals surface area contributed by atoms with Crippen molar-refractivity contribution in [3.8, 4) is 5.75 Å². The van der Waals surface area contributed by atoms with Gasteiger partial charge in [-0.25, -0.2) is 9.48 Å². The molecular formula is C21H19F3N4O4. The summed E-state index contributed by atoms with van der Waals surface area (Å²) >= 11 is 0. The van der Waals surface area contributed by atoms with Crippen LogP contribution in [0.5, 0.6) is 5.75 Å². The van der Waals surface area contributed by atoms with Crippen LogP contribution in [0.15, 0.2) is 42.5 Å². The van der Waals surface area contributed by atoms with Crippen LogP contribution in [0.2, 0.25) is 0 Å². The third-order valence-corrected chi connectivity index (χ3v) is 4.53. The van der Waals surface area contributed by atoms with Crippen molar-refractivity contribution in [1.82, 2.24) is 15.0 Å². The highest BCUT2D eigenvalue weighted by Gasteiger charge is 2.33. The third kappa shape index (κ3) is 4.71. The normalized spacial score (nSPS) is 11.3. The molecule has 8 nitrogen and oxygen atoms in total. The number of anilines is 1. The molecule has 0 radical (unpaired) electrons. The number of halogens is 3. The second kappa shape index (κ2) is 9.08. The first-order valence-electron chi connectivity index (χ1n) is 9.40. The average Bonchev–Trinajstić information content (AvgIpc) is 3.17. The van der Waals surface area contributed by atoms with E-state index < -0.39 is 29.2 Å². The van der Waals surface area contributed by atoms with Crippen LogP contribution in [0.25, 0.3) is 0 Å². The van der Waals surface area contributed by atoms with E-state index >= 15 is 0 Å². The van der Waals surface area contributed by atoms with Crippen molar-refractivity contribution < 1.29 is 32.2 Å². The number of nitrogens with zero attached hydrogens (tertiary/aromatic N) is 3. The number of aromatic nitrogens is 3. The molecule has 0 saturated heterocycles. The lowest BCUT2D eigenvalue weighted by Gasteiger charge is -2.11. The summed E-state index contributed by atoms with van der Waals surface area (Å²) in [6.07, 6.45) is -4.62. The van der Waals surface area contributed by atoms with Crippen LogP contribution in [-0.4, -0.2) is 40.5 Å². The maximum Gasteiger partial charge on any atom is 0.416 e. The molecule has 0 amide bonds. The van der Waals surface area contributed by atoms with Gasteiger partial charge in [-0.1, -0.05) is 17.3 Å². The van der Waals surface area contributed by atoms with Gasteiger partial charge in [0.15, 0.2) is 11.4 Å².